The minimum atomic E-state index is -0.755. The second-order valence-electron chi connectivity index (χ2n) is 1.32. The van der Waals surface area contributed by atoms with Gasteiger partial charge in [0.05, 0.1) is 7.11 Å². The Kier molecular flexibility index (Phi) is 3.68. The van der Waals surface area contributed by atoms with Crippen molar-refractivity contribution >= 4 is 11.9 Å². The van der Waals surface area contributed by atoms with Crippen LogP contribution in [0.3, 0.4) is 0 Å². The molecule has 10 heavy (non-hydrogen) atoms. The Balaban J connectivity index is 4.22. The van der Waals surface area contributed by atoms with Crippen molar-refractivity contribution in [3.05, 3.63) is 18.5 Å². The summed E-state index contributed by atoms with van der Waals surface area (Å²) in [5.41, 5.74) is -0.280. The van der Waals surface area contributed by atoms with Crippen LogP contribution in [0.4, 0.5) is 0 Å². The fraction of sp³-hybridized carbons (Fsp3) is 0.167. The van der Waals surface area contributed by atoms with Crippen LogP contribution in [0, 0.1) is 0 Å². The molecule has 54 valence electrons. The quantitative estimate of drug-likeness (QED) is 0.330. The van der Waals surface area contributed by atoms with Gasteiger partial charge in [0.15, 0.2) is 5.94 Å². The Morgan fingerprint density at radius 3 is 2.70 bits per heavy atom. The van der Waals surface area contributed by atoms with E-state index >= 15 is 0 Å². The molecular formula is C6H7NO3. The SMILES string of the molecule is C=CNC(=C=O)C(=O)OC. The Labute approximate surface area is 58.2 Å². The highest BCUT2D eigenvalue weighted by molar-refractivity contribution is 5.96. The molecule has 1 N–H and O–H groups in total. The minimum Gasteiger partial charge on any atom is -0.464 e. The lowest BCUT2D eigenvalue weighted by Gasteiger charge is -1.97. The topological polar surface area (TPSA) is 55.4 Å². The van der Waals surface area contributed by atoms with Gasteiger partial charge in [-0.25, -0.2) is 9.59 Å². The fourth-order valence-electron chi connectivity index (χ4n) is 0.334. The van der Waals surface area contributed by atoms with Crippen molar-refractivity contribution in [1.82, 2.24) is 5.32 Å². The number of rotatable bonds is 3. The molecule has 0 bridgehead atoms. The van der Waals surface area contributed by atoms with Crippen molar-refractivity contribution in [1.29, 1.82) is 0 Å². The molecule has 0 amide bonds. The summed E-state index contributed by atoms with van der Waals surface area (Å²) in [5.74, 6) is 0.609. The van der Waals surface area contributed by atoms with E-state index in [2.05, 4.69) is 16.6 Å². The van der Waals surface area contributed by atoms with Gasteiger partial charge in [-0.3, -0.25) is 0 Å². The monoisotopic (exact) mass is 141 g/mol. The lowest BCUT2D eigenvalue weighted by Crippen LogP contribution is -2.16. The summed E-state index contributed by atoms with van der Waals surface area (Å²) in [7, 11) is 1.17. The summed E-state index contributed by atoms with van der Waals surface area (Å²) < 4.78 is 4.21. The molecule has 0 aliphatic rings. The lowest BCUT2D eigenvalue weighted by molar-refractivity contribution is -0.136. The molecule has 0 unspecified atom stereocenters. The zero-order valence-corrected chi connectivity index (χ0v) is 5.51. The van der Waals surface area contributed by atoms with Gasteiger partial charge in [-0.05, 0) is 6.20 Å². The predicted molar refractivity (Wildman–Crippen MR) is 34.6 cm³/mol. The third-order valence-electron chi connectivity index (χ3n) is 0.738. The molecule has 0 rings (SSSR count). The normalized spacial score (nSPS) is 7.30. The summed E-state index contributed by atoms with van der Waals surface area (Å²) in [6, 6.07) is 0. The largest absolute Gasteiger partial charge is 0.464 e. The smallest absolute Gasteiger partial charge is 0.366 e. The first-order chi connectivity index (χ1) is 4.76. The van der Waals surface area contributed by atoms with Crippen LogP contribution in [-0.2, 0) is 14.3 Å². The minimum absolute atomic E-state index is 0.280. The summed E-state index contributed by atoms with van der Waals surface area (Å²) >= 11 is 0. The molecule has 0 heterocycles. The maximum Gasteiger partial charge on any atom is 0.366 e. The first kappa shape index (κ1) is 8.46. The van der Waals surface area contributed by atoms with E-state index in [9.17, 15) is 9.59 Å². The molecular weight excluding hydrogens is 134 g/mol. The average Bonchev–Trinajstić information content (AvgIpc) is 1.99. The lowest BCUT2D eigenvalue weighted by atomic mass is 10.5. The first-order valence-corrected chi connectivity index (χ1v) is 2.47. The number of nitrogens with one attached hydrogen (secondary N) is 1. The van der Waals surface area contributed by atoms with Crippen LogP contribution in [0.1, 0.15) is 0 Å². The Hall–Kier alpha value is -1.54. The number of hydrogen-bond acceptors (Lipinski definition) is 4. The molecule has 0 aromatic heterocycles. The van der Waals surface area contributed by atoms with Crippen LogP contribution in [0.25, 0.3) is 0 Å². The van der Waals surface area contributed by atoms with Crippen molar-refractivity contribution in [2.24, 2.45) is 0 Å². The van der Waals surface area contributed by atoms with E-state index in [-0.39, 0.29) is 5.70 Å². The van der Waals surface area contributed by atoms with Crippen LogP contribution >= 0.6 is 0 Å². The van der Waals surface area contributed by atoms with Gasteiger partial charge in [-0.1, -0.05) is 6.58 Å². The molecule has 0 saturated carbocycles. The predicted octanol–water partition coefficient (Wildman–Crippen LogP) is -0.392. The first-order valence-electron chi connectivity index (χ1n) is 2.47. The Morgan fingerprint density at radius 2 is 2.40 bits per heavy atom. The van der Waals surface area contributed by atoms with Crippen molar-refractivity contribution < 1.29 is 14.3 Å². The maximum absolute atomic E-state index is 10.5. The van der Waals surface area contributed by atoms with E-state index in [4.69, 9.17) is 0 Å². The van der Waals surface area contributed by atoms with Crippen molar-refractivity contribution in [3.8, 4) is 0 Å². The van der Waals surface area contributed by atoms with Crippen LogP contribution in [0.15, 0.2) is 18.5 Å². The van der Waals surface area contributed by atoms with E-state index in [1.165, 1.54) is 19.3 Å². The molecule has 0 aromatic rings. The second-order valence-corrected chi connectivity index (χ2v) is 1.32. The summed E-state index contributed by atoms with van der Waals surface area (Å²) in [6.07, 6.45) is 1.19. The fourth-order valence-corrected chi connectivity index (χ4v) is 0.334. The molecule has 0 radical (unpaired) electrons. The molecule has 4 nitrogen and oxygen atoms in total. The number of ether oxygens (including phenoxy) is 1. The number of esters is 1. The maximum atomic E-state index is 10.5. The summed E-state index contributed by atoms with van der Waals surface area (Å²) in [5, 5.41) is 2.27. The number of carbonyl (C=O) groups is 1. The third-order valence-corrected chi connectivity index (χ3v) is 0.738. The van der Waals surface area contributed by atoms with Gasteiger partial charge < -0.3 is 10.1 Å². The van der Waals surface area contributed by atoms with Crippen LogP contribution < -0.4 is 5.32 Å². The number of carbonyl (C=O) groups excluding carboxylic acids is 2. The highest BCUT2D eigenvalue weighted by Crippen LogP contribution is 1.84. The average molecular weight is 141 g/mol. The van der Waals surface area contributed by atoms with Gasteiger partial charge in [0.1, 0.15) is 0 Å². The zero-order valence-electron chi connectivity index (χ0n) is 5.51. The molecule has 0 aliphatic heterocycles. The van der Waals surface area contributed by atoms with Crippen LogP contribution in [-0.4, -0.2) is 19.0 Å². The van der Waals surface area contributed by atoms with Gasteiger partial charge >= 0.3 is 5.97 Å². The molecule has 0 atom stereocenters. The molecule has 0 spiro atoms. The van der Waals surface area contributed by atoms with E-state index in [0.717, 1.165) is 0 Å². The standard InChI is InChI=1S/C6H7NO3/c1-3-7-5(4-8)6(9)10-2/h3,7H,1H2,2H3. The highest BCUT2D eigenvalue weighted by atomic mass is 16.5. The molecule has 0 fully saturated rings. The number of hydrogen-bond donors (Lipinski definition) is 1. The van der Waals surface area contributed by atoms with Crippen LogP contribution in [0.5, 0.6) is 0 Å². The molecule has 0 aliphatic carbocycles. The van der Waals surface area contributed by atoms with E-state index in [0.29, 0.717) is 0 Å². The summed E-state index contributed by atoms with van der Waals surface area (Å²) in [4.78, 5) is 20.4. The molecule has 0 saturated heterocycles. The van der Waals surface area contributed by atoms with E-state index in [1.54, 1.807) is 0 Å². The Bertz CT molecular complexity index is 191. The van der Waals surface area contributed by atoms with E-state index in [1.807, 2.05) is 0 Å². The van der Waals surface area contributed by atoms with Crippen LogP contribution in [0.2, 0.25) is 0 Å². The van der Waals surface area contributed by atoms with Crippen molar-refractivity contribution in [2.75, 3.05) is 7.11 Å². The van der Waals surface area contributed by atoms with E-state index < -0.39 is 5.97 Å². The van der Waals surface area contributed by atoms with Crippen molar-refractivity contribution in [2.45, 2.75) is 0 Å². The molecule has 0 aromatic carbocycles. The van der Waals surface area contributed by atoms with Gasteiger partial charge in [0.2, 0.25) is 5.70 Å². The van der Waals surface area contributed by atoms with Gasteiger partial charge in [0, 0.05) is 0 Å². The third kappa shape index (κ3) is 2.15. The summed E-state index contributed by atoms with van der Waals surface area (Å²) in [6.45, 7) is 3.25. The van der Waals surface area contributed by atoms with Gasteiger partial charge in [0.25, 0.3) is 0 Å². The van der Waals surface area contributed by atoms with Gasteiger partial charge in [-0.2, -0.15) is 0 Å². The van der Waals surface area contributed by atoms with Gasteiger partial charge in [-0.15, -0.1) is 0 Å². The second kappa shape index (κ2) is 4.35. The number of methoxy groups -OCH3 is 1. The van der Waals surface area contributed by atoms with Crippen molar-refractivity contribution in [3.63, 3.8) is 0 Å². The molecule has 4 heteroatoms. The highest BCUT2D eigenvalue weighted by Gasteiger charge is 2.06. The Morgan fingerprint density at radius 1 is 1.80 bits per heavy atom. The zero-order chi connectivity index (χ0) is 7.98.